The number of rotatable bonds is 7. The van der Waals surface area contributed by atoms with Crippen LogP contribution in [0.2, 0.25) is 0 Å². The Labute approximate surface area is 104 Å². The van der Waals surface area contributed by atoms with Crippen LogP contribution in [0.1, 0.15) is 46.0 Å². The molecule has 0 radical (unpaired) electrons. The van der Waals surface area contributed by atoms with E-state index in [-0.39, 0.29) is 6.09 Å². The van der Waals surface area contributed by atoms with Crippen molar-refractivity contribution >= 4 is 6.09 Å². The Morgan fingerprint density at radius 3 is 2.76 bits per heavy atom. The third kappa shape index (κ3) is 3.62. The third-order valence-corrected chi connectivity index (χ3v) is 3.09. The second-order valence-corrected chi connectivity index (χ2v) is 4.27. The van der Waals surface area contributed by atoms with E-state index in [0.717, 1.165) is 25.0 Å². The Hall–Kier alpha value is -1.25. The van der Waals surface area contributed by atoms with Gasteiger partial charge in [0.1, 0.15) is 6.61 Å². The molecule has 3 nitrogen and oxygen atoms in total. The highest BCUT2D eigenvalue weighted by Gasteiger charge is 2.26. The van der Waals surface area contributed by atoms with Gasteiger partial charge in [-0.2, -0.15) is 0 Å². The molecule has 1 rings (SSSR count). The zero-order valence-electron chi connectivity index (χ0n) is 11.0. The number of cyclic esters (lactones) is 1. The molecule has 1 heterocycles. The van der Waals surface area contributed by atoms with Crippen molar-refractivity contribution in [3.8, 4) is 0 Å². The van der Waals surface area contributed by atoms with Crippen molar-refractivity contribution in [1.82, 2.24) is 4.90 Å². The van der Waals surface area contributed by atoms with Crippen LogP contribution in [0.5, 0.6) is 0 Å². The molecule has 1 fully saturated rings. The van der Waals surface area contributed by atoms with E-state index in [1.807, 2.05) is 6.08 Å². The summed E-state index contributed by atoms with van der Waals surface area (Å²) in [7, 11) is 0. The maximum atomic E-state index is 11.6. The first-order chi connectivity index (χ1) is 8.24. The van der Waals surface area contributed by atoms with Crippen molar-refractivity contribution < 1.29 is 9.53 Å². The molecule has 0 aromatic heterocycles. The quantitative estimate of drug-likeness (QED) is 0.629. The lowest BCUT2D eigenvalue weighted by Gasteiger charge is -2.20. The largest absolute Gasteiger partial charge is 0.447 e. The van der Waals surface area contributed by atoms with Gasteiger partial charge in [-0.1, -0.05) is 31.9 Å². The molecule has 1 saturated heterocycles. The molecule has 0 atom stereocenters. The lowest BCUT2D eigenvalue weighted by atomic mass is 10.0. The second-order valence-electron chi connectivity index (χ2n) is 4.27. The minimum Gasteiger partial charge on any atom is -0.447 e. The molecule has 3 heteroatoms. The Kier molecular flexibility index (Phi) is 5.81. The van der Waals surface area contributed by atoms with Crippen LogP contribution in [-0.4, -0.2) is 24.1 Å². The van der Waals surface area contributed by atoms with Crippen LogP contribution >= 0.6 is 0 Å². The zero-order chi connectivity index (χ0) is 12.7. The fourth-order valence-corrected chi connectivity index (χ4v) is 2.14. The van der Waals surface area contributed by atoms with Crippen LogP contribution in [0.25, 0.3) is 0 Å². The molecule has 96 valence electrons. The predicted octanol–water partition coefficient (Wildman–Crippen LogP) is 3.87. The van der Waals surface area contributed by atoms with Gasteiger partial charge >= 0.3 is 6.09 Å². The minimum atomic E-state index is -0.204. The summed E-state index contributed by atoms with van der Waals surface area (Å²) >= 11 is 0. The first-order valence-electron chi connectivity index (χ1n) is 6.50. The van der Waals surface area contributed by atoms with E-state index in [0.29, 0.717) is 13.2 Å². The summed E-state index contributed by atoms with van der Waals surface area (Å²) in [5, 5.41) is 0. The van der Waals surface area contributed by atoms with E-state index in [4.69, 9.17) is 4.74 Å². The van der Waals surface area contributed by atoms with Gasteiger partial charge in [0.05, 0.1) is 6.54 Å². The minimum absolute atomic E-state index is 0.204. The Morgan fingerprint density at radius 2 is 2.29 bits per heavy atom. The molecule has 0 saturated carbocycles. The van der Waals surface area contributed by atoms with Crippen molar-refractivity contribution in [1.29, 1.82) is 0 Å². The Bertz CT molecular complexity index is 307. The molecule has 1 aliphatic heterocycles. The molecular weight excluding hydrogens is 214 g/mol. The number of allylic oxidation sites excluding steroid dienone is 2. The van der Waals surface area contributed by atoms with E-state index in [1.165, 1.54) is 18.4 Å². The monoisotopic (exact) mass is 237 g/mol. The van der Waals surface area contributed by atoms with Crippen LogP contribution in [0, 0.1) is 0 Å². The molecule has 0 aromatic carbocycles. The summed E-state index contributed by atoms with van der Waals surface area (Å²) in [6, 6.07) is 0. The Morgan fingerprint density at radius 1 is 1.53 bits per heavy atom. The van der Waals surface area contributed by atoms with Gasteiger partial charge in [0.15, 0.2) is 0 Å². The van der Waals surface area contributed by atoms with Crippen molar-refractivity contribution in [2.24, 2.45) is 0 Å². The molecule has 0 aliphatic carbocycles. The van der Waals surface area contributed by atoms with Gasteiger partial charge in [-0.25, -0.2) is 4.79 Å². The molecule has 0 bridgehead atoms. The van der Waals surface area contributed by atoms with E-state index in [1.54, 1.807) is 4.90 Å². The molecule has 1 amide bonds. The number of nitrogens with zero attached hydrogens (tertiary/aromatic N) is 1. The van der Waals surface area contributed by atoms with Crippen LogP contribution in [0.15, 0.2) is 23.9 Å². The average molecular weight is 237 g/mol. The van der Waals surface area contributed by atoms with Crippen LogP contribution in [0.3, 0.4) is 0 Å². The SMILES string of the molecule is C=CC/C(=C(\CC)CCCC)N1CCOC1=O. The average Bonchev–Trinajstić information content (AvgIpc) is 2.75. The number of ether oxygens (including phenoxy) is 1. The lowest BCUT2D eigenvalue weighted by molar-refractivity contribution is 0.163. The zero-order valence-corrected chi connectivity index (χ0v) is 11.0. The van der Waals surface area contributed by atoms with Gasteiger partial charge in [-0.3, -0.25) is 4.90 Å². The maximum Gasteiger partial charge on any atom is 0.414 e. The van der Waals surface area contributed by atoms with Crippen molar-refractivity contribution in [2.75, 3.05) is 13.2 Å². The highest BCUT2D eigenvalue weighted by atomic mass is 16.6. The predicted molar refractivity (Wildman–Crippen MR) is 69.7 cm³/mol. The van der Waals surface area contributed by atoms with Gasteiger partial charge in [0, 0.05) is 12.1 Å². The van der Waals surface area contributed by atoms with Gasteiger partial charge in [0.2, 0.25) is 0 Å². The first-order valence-corrected chi connectivity index (χ1v) is 6.50. The van der Waals surface area contributed by atoms with Crippen LogP contribution in [0.4, 0.5) is 4.79 Å². The standard InChI is InChI=1S/C14H23NO2/c1-4-7-9-12(6-3)13(8-5-2)15-10-11-17-14(15)16/h5H,2,4,6-11H2,1,3H3/b13-12-. The smallest absolute Gasteiger partial charge is 0.414 e. The van der Waals surface area contributed by atoms with Gasteiger partial charge in [-0.15, -0.1) is 6.58 Å². The lowest BCUT2D eigenvalue weighted by Crippen LogP contribution is -2.24. The molecular formula is C14H23NO2. The van der Waals surface area contributed by atoms with Crippen LogP contribution < -0.4 is 0 Å². The van der Waals surface area contributed by atoms with E-state index < -0.39 is 0 Å². The van der Waals surface area contributed by atoms with E-state index >= 15 is 0 Å². The molecule has 17 heavy (non-hydrogen) atoms. The normalized spacial score (nSPS) is 16.8. The fraction of sp³-hybridized carbons (Fsp3) is 0.643. The molecule has 0 aromatic rings. The summed E-state index contributed by atoms with van der Waals surface area (Å²) in [6.07, 6.45) is 6.82. The highest BCUT2D eigenvalue weighted by Crippen LogP contribution is 2.25. The Balaban J connectivity index is 2.89. The molecule has 0 spiro atoms. The summed E-state index contributed by atoms with van der Waals surface area (Å²) in [5.74, 6) is 0. The number of hydrogen-bond donors (Lipinski definition) is 0. The first kappa shape index (κ1) is 13.8. The molecule has 0 unspecified atom stereocenters. The number of carbonyl (C=O) groups is 1. The number of hydrogen-bond acceptors (Lipinski definition) is 2. The van der Waals surface area contributed by atoms with Crippen molar-refractivity contribution in [2.45, 2.75) is 46.0 Å². The topological polar surface area (TPSA) is 29.5 Å². The summed E-state index contributed by atoms with van der Waals surface area (Å²) < 4.78 is 5.01. The molecule has 0 N–H and O–H groups in total. The number of carbonyl (C=O) groups excluding carboxylic acids is 1. The summed E-state index contributed by atoms with van der Waals surface area (Å²) in [4.78, 5) is 13.4. The van der Waals surface area contributed by atoms with Crippen molar-refractivity contribution in [3.63, 3.8) is 0 Å². The molecule has 1 aliphatic rings. The number of unbranched alkanes of at least 4 members (excludes halogenated alkanes) is 1. The third-order valence-electron chi connectivity index (χ3n) is 3.09. The van der Waals surface area contributed by atoms with E-state index in [9.17, 15) is 4.79 Å². The fourth-order valence-electron chi connectivity index (χ4n) is 2.14. The maximum absolute atomic E-state index is 11.6. The summed E-state index contributed by atoms with van der Waals surface area (Å²) in [5.41, 5.74) is 2.48. The van der Waals surface area contributed by atoms with Crippen molar-refractivity contribution in [3.05, 3.63) is 23.9 Å². The van der Waals surface area contributed by atoms with E-state index in [2.05, 4.69) is 20.4 Å². The number of amides is 1. The van der Waals surface area contributed by atoms with Gasteiger partial charge < -0.3 is 4.74 Å². The summed E-state index contributed by atoms with van der Waals surface area (Å²) in [6.45, 7) is 9.30. The van der Waals surface area contributed by atoms with Gasteiger partial charge in [0.25, 0.3) is 0 Å². The van der Waals surface area contributed by atoms with Gasteiger partial charge in [-0.05, 0) is 19.3 Å². The highest BCUT2D eigenvalue weighted by molar-refractivity contribution is 5.72. The van der Waals surface area contributed by atoms with Crippen LogP contribution in [-0.2, 0) is 4.74 Å². The second kappa shape index (κ2) is 7.15.